The van der Waals surface area contributed by atoms with Gasteiger partial charge in [-0.05, 0) is 12.0 Å². The number of aromatic nitrogens is 2. The van der Waals surface area contributed by atoms with Gasteiger partial charge in [-0.15, -0.1) is 0 Å². The summed E-state index contributed by atoms with van der Waals surface area (Å²) >= 11 is 0. The van der Waals surface area contributed by atoms with E-state index in [-0.39, 0.29) is 17.5 Å². The zero-order valence-electron chi connectivity index (χ0n) is 11.1. The first-order valence-electron chi connectivity index (χ1n) is 6.10. The minimum atomic E-state index is -0.506. The van der Waals surface area contributed by atoms with Gasteiger partial charge in [0.15, 0.2) is 0 Å². The van der Waals surface area contributed by atoms with Gasteiger partial charge in [0.25, 0.3) is 0 Å². The first kappa shape index (κ1) is 13.7. The molecule has 1 aromatic heterocycles. The lowest BCUT2D eigenvalue weighted by molar-refractivity contribution is -0.384. The van der Waals surface area contributed by atoms with Crippen LogP contribution >= 0.6 is 0 Å². The van der Waals surface area contributed by atoms with Crippen molar-refractivity contribution in [2.75, 3.05) is 24.2 Å². The number of nitrogens with zero attached hydrogens (tertiary/aromatic N) is 4. The minimum absolute atomic E-state index is 0.0251. The molecule has 0 saturated heterocycles. The molecule has 0 aliphatic heterocycles. The molecule has 0 aliphatic rings. The van der Waals surface area contributed by atoms with Crippen LogP contribution in [-0.4, -0.2) is 28.5 Å². The van der Waals surface area contributed by atoms with Crippen molar-refractivity contribution >= 4 is 17.5 Å². The van der Waals surface area contributed by atoms with Crippen LogP contribution in [0.1, 0.15) is 5.56 Å². The van der Waals surface area contributed by atoms with Crippen LogP contribution in [-0.2, 0) is 6.42 Å². The van der Waals surface area contributed by atoms with Crippen molar-refractivity contribution in [3.8, 4) is 0 Å². The van der Waals surface area contributed by atoms with Gasteiger partial charge in [0.1, 0.15) is 6.20 Å². The van der Waals surface area contributed by atoms with Crippen LogP contribution in [0, 0.1) is 10.1 Å². The highest BCUT2D eigenvalue weighted by Crippen LogP contribution is 2.24. The minimum Gasteiger partial charge on any atom is -0.368 e. The van der Waals surface area contributed by atoms with Crippen molar-refractivity contribution in [3.05, 3.63) is 52.2 Å². The smallest absolute Gasteiger partial charge is 0.329 e. The summed E-state index contributed by atoms with van der Waals surface area (Å²) in [5, 5.41) is 11.0. The van der Waals surface area contributed by atoms with E-state index in [0.29, 0.717) is 6.54 Å². The number of anilines is 2. The van der Waals surface area contributed by atoms with E-state index >= 15 is 0 Å². The third-order valence-electron chi connectivity index (χ3n) is 2.91. The van der Waals surface area contributed by atoms with E-state index in [4.69, 9.17) is 5.73 Å². The highest BCUT2D eigenvalue weighted by Gasteiger charge is 2.19. The molecule has 0 bridgehead atoms. The average molecular weight is 273 g/mol. The predicted octanol–water partition coefficient (Wildman–Crippen LogP) is 1.65. The fraction of sp³-hybridized carbons (Fsp3) is 0.231. The Morgan fingerprint density at radius 3 is 2.70 bits per heavy atom. The van der Waals surface area contributed by atoms with Gasteiger partial charge >= 0.3 is 5.69 Å². The lowest BCUT2D eigenvalue weighted by atomic mass is 10.1. The van der Waals surface area contributed by atoms with Crippen LogP contribution in [0.2, 0.25) is 0 Å². The molecule has 0 aliphatic carbocycles. The summed E-state index contributed by atoms with van der Waals surface area (Å²) < 4.78 is 0. The van der Waals surface area contributed by atoms with Crippen molar-refractivity contribution < 1.29 is 4.92 Å². The van der Waals surface area contributed by atoms with Gasteiger partial charge in [-0.1, -0.05) is 30.3 Å². The van der Waals surface area contributed by atoms with Crippen LogP contribution < -0.4 is 10.6 Å². The summed E-state index contributed by atoms with van der Waals surface area (Å²) in [6, 6.07) is 9.89. The van der Waals surface area contributed by atoms with E-state index in [1.807, 2.05) is 30.3 Å². The first-order chi connectivity index (χ1) is 9.58. The maximum Gasteiger partial charge on any atom is 0.329 e. The van der Waals surface area contributed by atoms with E-state index in [0.717, 1.165) is 18.2 Å². The molecule has 0 unspecified atom stereocenters. The van der Waals surface area contributed by atoms with Gasteiger partial charge in [0, 0.05) is 13.6 Å². The second-order valence-electron chi connectivity index (χ2n) is 4.35. The summed E-state index contributed by atoms with van der Waals surface area (Å²) in [7, 11) is 1.75. The van der Waals surface area contributed by atoms with Crippen molar-refractivity contribution in [1.29, 1.82) is 0 Å². The number of hydrogen-bond donors (Lipinski definition) is 1. The zero-order valence-corrected chi connectivity index (χ0v) is 11.1. The molecule has 0 spiro atoms. The van der Waals surface area contributed by atoms with Crippen molar-refractivity contribution in [2.45, 2.75) is 6.42 Å². The quantitative estimate of drug-likeness (QED) is 0.657. The first-order valence-corrected chi connectivity index (χ1v) is 6.10. The van der Waals surface area contributed by atoms with Gasteiger partial charge in [-0.2, -0.15) is 4.98 Å². The van der Waals surface area contributed by atoms with E-state index in [2.05, 4.69) is 9.97 Å². The van der Waals surface area contributed by atoms with Gasteiger partial charge in [-0.25, -0.2) is 4.98 Å². The SMILES string of the molecule is CN(CCc1ccccc1)c1nc(N)ncc1[N+](=O)[O-]. The largest absolute Gasteiger partial charge is 0.368 e. The fourth-order valence-electron chi connectivity index (χ4n) is 1.84. The molecule has 2 rings (SSSR count). The normalized spacial score (nSPS) is 10.2. The Labute approximate surface area is 116 Å². The van der Waals surface area contributed by atoms with Crippen LogP contribution in [0.5, 0.6) is 0 Å². The average Bonchev–Trinajstić information content (AvgIpc) is 2.45. The Morgan fingerprint density at radius 1 is 1.35 bits per heavy atom. The Morgan fingerprint density at radius 2 is 2.05 bits per heavy atom. The van der Waals surface area contributed by atoms with Gasteiger partial charge in [0.2, 0.25) is 11.8 Å². The van der Waals surface area contributed by atoms with Crippen LogP contribution in [0.3, 0.4) is 0 Å². The Bertz CT molecular complexity index is 603. The predicted molar refractivity (Wildman–Crippen MR) is 76.5 cm³/mol. The van der Waals surface area contributed by atoms with Crippen LogP contribution in [0.4, 0.5) is 17.5 Å². The van der Waals surface area contributed by atoms with Gasteiger partial charge in [0.05, 0.1) is 4.92 Å². The maximum atomic E-state index is 11.0. The zero-order chi connectivity index (χ0) is 14.5. The third kappa shape index (κ3) is 3.19. The highest BCUT2D eigenvalue weighted by molar-refractivity contribution is 5.57. The molecule has 0 atom stereocenters. The molecule has 1 heterocycles. The monoisotopic (exact) mass is 273 g/mol. The van der Waals surface area contributed by atoms with Gasteiger partial charge < -0.3 is 10.6 Å². The Balaban J connectivity index is 2.14. The Kier molecular flexibility index (Phi) is 4.09. The molecule has 0 radical (unpaired) electrons. The number of benzene rings is 1. The molecule has 20 heavy (non-hydrogen) atoms. The molecule has 7 nitrogen and oxygen atoms in total. The van der Waals surface area contributed by atoms with E-state index in [9.17, 15) is 10.1 Å². The molecule has 0 saturated carbocycles. The molecular weight excluding hydrogens is 258 g/mol. The lowest BCUT2D eigenvalue weighted by Gasteiger charge is -2.17. The van der Waals surface area contributed by atoms with Crippen LogP contribution in [0.25, 0.3) is 0 Å². The molecular formula is C13H15N5O2. The van der Waals surface area contributed by atoms with Crippen molar-refractivity contribution in [2.24, 2.45) is 0 Å². The number of nitrogen functional groups attached to an aromatic ring is 1. The van der Waals surface area contributed by atoms with Crippen molar-refractivity contribution in [1.82, 2.24) is 9.97 Å². The second-order valence-corrected chi connectivity index (χ2v) is 4.35. The van der Waals surface area contributed by atoms with Gasteiger partial charge in [-0.3, -0.25) is 10.1 Å². The molecule has 1 aromatic carbocycles. The van der Waals surface area contributed by atoms with Crippen LogP contribution in [0.15, 0.2) is 36.5 Å². The molecule has 104 valence electrons. The molecule has 0 fully saturated rings. The third-order valence-corrected chi connectivity index (χ3v) is 2.91. The molecule has 0 amide bonds. The fourth-order valence-corrected chi connectivity index (χ4v) is 1.84. The number of hydrogen-bond acceptors (Lipinski definition) is 6. The Hall–Kier alpha value is -2.70. The number of nitro groups is 1. The molecule has 2 N–H and O–H groups in total. The lowest BCUT2D eigenvalue weighted by Crippen LogP contribution is -2.23. The van der Waals surface area contributed by atoms with Crippen molar-refractivity contribution in [3.63, 3.8) is 0 Å². The summed E-state index contributed by atoms with van der Waals surface area (Å²) in [6.07, 6.45) is 1.90. The topological polar surface area (TPSA) is 98.2 Å². The highest BCUT2D eigenvalue weighted by atomic mass is 16.6. The van der Waals surface area contributed by atoms with E-state index < -0.39 is 4.92 Å². The summed E-state index contributed by atoms with van der Waals surface area (Å²) in [5.41, 5.74) is 6.51. The summed E-state index contributed by atoms with van der Waals surface area (Å²) in [4.78, 5) is 19.8. The number of nitrogens with two attached hydrogens (primary N) is 1. The summed E-state index contributed by atoms with van der Waals surface area (Å²) in [6.45, 7) is 0.599. The summed E-state index contributed by atoms with van der Waals surface area (Å²) in [5.74, 6) is 0.260. The van der Waals surface area contributed by atoms with E-state index in [1.54, 1.807) is 11.9 Å². The number of rotatable bonds is 5. The maximum absolute atomic E-state index is 11.0. The second kappa shape index (κ2) is 5.96. The molecule has 2 aromatic rings. The van der Waals surface area contributed by atoms with E-state index in [1.165, 1.54) is 0 Å². The molecule has 7 heteroatoms. The number of likely N-dealkylation sites (N-methyl/N-ethyl adjacent to an activating group) is 1. The standard InChI is InChI=1S/C13H15N5O2/c1-17(8-7-10-5-3-2-4-6-10)12-11(18(19)20)9-15-13(14)16-12/h2-6,9H,7-8H2,1H3,(H2,14,15,16).